The molecule has 1 N–H and O–H groups in total. The molecule has 0 unspecified atom stereocenters. The average Bonchev–Trinajstić information content (AvgIpc) is 2.55. The number of methoxy groups -OCH3 is 3. The summed E-state index contributed by atoms with van der Waals surface area (Å²) in [6.07, 6.45) is 0. The molecule has 2 rings (SSSR count). The van der Waals surface area contributed by atoms with Crippen LogP contribution in [0.2, 0.25) is 0 Å². The van der Waals surface area contributed by atoms with Crippen LogP contribution in [0.4, 0.5) is 0 Å². The quantitative estimate of drug-likeness (QED) is 0.811. The zero-order chi connectivity index (χ0) is 15.1. The summed E-state index contributed by atoms with van der Waals surface area (Å²) in [5, 5.41) is 3.41. The van der Waals surface area contributed by atoms with Gasteiger partial charge in [0, 0.05) is 18.7 Å². The van der Waals surface area contributed by atoms with E-state index in [9.17, 15) is 0 Å². The van der Waals surface area contributed by atoms with E-state index in [0.29, 0.717) is 6.54 Å². The molecule has 120 valence electrons. The second-order valence-electron chi connectivity index (χ2n) is 4.60. The van der Waals surface area contributed by atoms with Gasteiger partial charge in [0.05, 0.1) is 21.3 Å². The smallest absolute Gasteiger partial charge is 0.165 e. The average molecular weight is 368 g/mol. The van der Waals surface area contributed by atoms with Gasteiger partial charge in [-0.2, -0.15) is 0 Å². The van der Waals surface area contributed by atoms with Gasteiger partial charge in [-0.05, 0) is 23.8 Å². The predicted molar refractivity (Wildman–Crippen MR) is 93.4 cm³/mol. The molecule has 0 heterocycles. The van der Waals surface area contributed by atoms with Gasteiger partial charge in [0.15, 0.2) is 11.5 Å². The molecule has 0 radical (unpaired) electrons. The molecule has 2 aromatic carbocycles. The first-order chi connectivity index (χ1) is 10.3. The van der Waals surface area contributed by atoms with E-state index < -0.39 is 0 Å². The van der Waals surface area contributed by atoms with Gasteiger partial charge in [-0.1, -0.05) is 24.3 Å². The minimum absolute atomic E-state index is 0. The van der Waals surface area contributed by atoms with Crippen molar-refractivity contribution in [3.63, 3.8) is 0 Å². The number of hydrogen-bond donors (Lipinski definition) is 1. The van der Waals surface area contributed by atoms with Gasteiger partial charge in [-0.15, -0.1) is 17.0 Å². The number of benzene rings is 2. The molecule has 0 atom stereocenters. The van der Waals surface area contributed by atoms with Gasteiger partial charge in [-0.25, -0.2) is 0 Å². The third-order valence-electron chi connectivity index (χ3n) is 3.29. The molecule has 0 fully saturated rings. The Morgan fingerprint density at radius 2 is 1.55 bits per heavy atom. The van der Waals surface area contributed by atoms with Gasteiger partial charge in [0.2, 0.25) is 0 Å². The van der Waals surface area contributed by atoms with Crippen molar-refractivity contribution in [2.75, 3.05) is 21.3 Å². The third kappa shape index (κ3) is 4.64. The Bertz CT molecular complexity index is 573. The van der Waals surface area contributed by atoms with E-state index in [1.165, 1.54) is 5.56 Å². The number of halogens is 1. The molecule has 22 heavy (non-hydrogen) atoms. The highest BCUT2D eigenvalue weighted by atomic mass is 79.9. The molecule has 0 aliphatic carbocycles. The monoisotopic (exact) mass is 367 g/mol. The Kier molecular flexibility index (Phi) is 7.77. The van der Waals surface area contributed by atoms with E-state index in [4.69, 9.17) is 14.2 Å². The summed E-state index contributed by atoms with van der Waals surface area (Å²) in [5.74, 6) is 2.40. The molecule has 2 aromatic rings. The lowest BCUT2D eigenvalue weighted by Crippen LogP contribution is -2.13. The summed E-state index contributed by atoms with van der Waals surface area (Å²) >= 11 is 0. The van der Waals surface area contributed by atoms with Crippen LogP contribution < -0.4 is 19.5 Å². The molecule has 0 saturated heterocycles. The van der Waals surface area contributed by atoms with Crippen molar-refractivity contribution in [2.24, 2.45) is 0 Å². The fraction of sp³-hybridized carbons (Fsp3) is 0.294. The maximum atomic E-state index is 5.42. The van der Waals surface area contributed by atoms with Crippen LogP contribution in [0.5, 0.6) is 17.2 Å². The summed E-state index contributed by atoms with van der Waals surface area (Å²) in [6, 6.07) is 13.9. The summed E-state index contributed by atoms with van der Waals surface area (Å²) in [4.78, 5) is 0. The van der Waals surface area contributed by atoms with Gasteiger partial charge in [-0.3, -0.25) is 0 Å². The Morgan fingerprint density at radius 1 is 0.818 bits per heavy atom. The lowest BCUT2D eigenvalue weighted by molar-refractivity contribution is 0.350. The summed E-state index contributed by atoms with van der Waals surface area (Å²) < 4.78 is 15.9. The van der Waals surface area contributed by atoms with E-state index in [1.807, 2.05) is 30.3 Å². The van der Waals surface area contributed by atoms with Crippen LogP contribution in [0, 0.1) is 0 Å². The standard InChI is InChI=1S/C17H21NO3.BrH/c1-19-15-9-7-13(8-10-15)11-18-12-14-5-4-6-16(20-2)17(14)21-3;/h4-10,18H,11-12H2,1-3H3;1H. The number of rotatable bonds is 7. The number of ether oxygens (including phenoxy) is 3. The number of nitrogens with one attached hydrogen (secondary N) is 1. The van der Waals surface area contributed by atoms with Crippen LogP contribution in [0.15, 0.2) is 42.5 Å². The second-order valence-corrected chi connectivity index (χ2v) is 4.60. The van der Waals surface area contributed by atoms with Crippen LogP contribution in [-0.4, -0.2) is 21.3 Å². The second kappa shape index (κ2) is 9.33. The van der Waals surface area contributed by atoms with E-state index >= 15 is 0 Å². The zero-order valence-electron chi connectivity index (χ0n) is 13.1. The summed E-state index contributed by atoms with van der Waals surface area (Å²) in [6.45, 7) is 1.50. The predicted octanol–water partition coefficient (Wildman–Crippen LogP) is 3.58. The number of para-hydroxylation sites is 1. The van der Waals surface area contributed by atoms with Crippen molar-refractivity contribution < 1.29 is 14.2 Å². The molecule has 0 spiro atoms. The molecule has 4 nitrogen and oxygen atoms in total. The lowest BCUT2D eigenvalue weighted by Gasteiger charge is -2.13. The lowest BCUT2D eigenvalue weighted by atomic mass is 10.1. The van der Waals surface area contributed by atoms with Crippen molar-refractivity contribution in [1.29, 1.82) is 0 Å². The van der Waals surface area contributed by atoms with Crippen molar-refractivity contribution >= 4 is 17.0 Å². The maximum Gasteiger partial charge on any atom is 0.165 e. The highest BCUT2D eigenvalue weighted by Crippen LogP contribution is 2.30. The Balaban J connectivity index is 0.00000242. The minimum Gasteiger partial charge on any atom is -0.497 e. The summed E-state index contributed by atoms with van der Waals surface area (Å²) in [7, 11) is 4.97. The highest BCUT2D eigenvalue weighted by molar-refractivity contribution is 8.93. The van der Waals surface area contributed by atoms with Gasteiger partial charge in [0.25, 0.3) is 0 Å². The molecular weight excluding hydrogens is 346 g/mol. The van der Waals surface area contributed by atoms with E-state index in [0.717, 1.165) is 29.4 Å². The van der Waals surface area contributed by atoms with Crippen molar-refractivity contribution in [2.45, 2.75) is 13.1 Å². The van der Waals surface area contributed by atoms with Crippen molar-refractivity contribution in [3.05, 3.63) is 53.6 Å². The SMILES string of the molecule is Br.COc1ccc(CNCc2cccc(OC)c2OC)cc1. The van der Waals surface area contributed by atoms with Crippen molar-refractivity contribution in [3.8, 4) is 17.2 Å². The normalized spacial score (nSPS) is 9.77. The minimum atomic E-state index is 0. The topological polar surface area (TPSA) is 39.7 Å². The largest absolute Gasteiger partial charge is 0.497 e. The van der Waals surface area contributed by atoms with Gasteiger partial charge in [0.1, 0.15) is 5.75 Å². The molecule has 0 aliphatic heterocycles. The van der Waals surface area contributed by atoms with E-state index in [1.54, 1.807) is 21.3 Å². The molecule has 0 bridgehead atoms. The molecule has 0 amide bonds. The van der Waals surface area contributed by atoms with E-state index in [-0.39, 0.29) is 17.0 Å². The molecular formula is C17H22BrNO3. The number of hydrogen-bond acceptors (Lipinski definition) is 4. The first-order valence-electron chi connectivity index (χ1n) is 6.82. The third-order valence-corrected chi connectivity index (χ3v) is 3.29. The fourth-order valence-corrected chi connectivity index (χ4v) is 2.18. The molecule has 0 aromatic heterocycles. The zero-order valence-corrected chi connectivity index (χ0v) is 14.8. The Hall–Kier alpha value is -1.72. The first kappa shape index (κ1) is 18.3. The maximum absolute atomic E-state index is 5.42. The Morgan fingerprint density at radius 3 is 2.14 bits per heavy atom. The van der Waals surface area contributed by atoms with Gasteiger partial charge < -0.3 is 19.5 Å². The highest BCUT2D eigenvalue weighted by Gasteiger charge is 2.08. The molecule has 0 aliphatic rings. The molecule has 5 heteroatoms. The Labute approximate surface area is 142 Å². The van der Waals surface area contributed by atoms with Crippen LogP contribution in [0.25, 0.3) is 0 Å². The molecule has 0 saturated carbocycles. The van der Waals surface area contributed by atoms with Crippen LogP contribution in [0.1, 0.15) is 11.1 Å². The first-order valence-corrected chi connectivity index (χ1v) is 6.82. The van der Waals surface area contributed by atoms with E-state index in [2.05, 4.69) is 17.4 Å². The fourth-order valence-electron chi connectivity index (χ4n) is 2.18. The van der Waals surface area contributed by atoms with Gasteiger partial charge >= 0.3 is 0 Å². The van der Waals surface area contributed by atoms with Crippen molar-refractivity contribution in [1.82, 2.24) is 5.32 Å². The van der Waals surface area contributed by atoms with Crippen LogP contribution in [0.3, 0.4) is 0 Å². The van der Waals surface area contributed by atoms with Crippen LogP contribution in [-0.2, 0) is 13.1 Å². The van der Waals surface area contributed by atoms with Crippen LogP contribution >= 0.6 is 17.0 Å². The summed E-state index contributed by atoms with van der Waals surface area (Å²) in [5.41, 5.74) is 2.28.